The van der Waals surface area contributed by atoms with Gasteiger partial charge in [0.15, 0.2) is 11.6 Å². The number of benzene rings is 1. The molecule has 0 radical (unpaired) electrons. The minimum Gasteiger partial charge on any atom is -0.381 e. The molecule has 2 aromatic rings. The first-order chi connectivity index (χ1) is 7.18. The van der Waals surface area contributed by atoms with E-state index < -0.39 is 5.82 Å². The summed E-state index contributed by atoms with van der Waals surface area (Å²) in [6.07, 6.45) is 1.16. The fourth-order valence-electron chi connectivity index (χ4n) is 1.19. The quantitative estimate of drug-likeness (QED) is 0.778. The third kappa shape index (κ3) is 1.76. The van der Waals surface area contributed by atoms with Gasteiger partial charge in [-0.25, -0.2) is 18.7 Å². The van der Waals surface area contributed by atoms with E-state index >= 15 is 0 Å². The predicted octanol–water partition coefficient (Wildman–Crippen LogP) is 2.00. The summed E-state index contributed by atoms with van der Waals surface area (Å²) in [5.74, 6) is -1.30. The molecule has 3 nitrogen and oxygen atoms in total. The molecule has 0 saturated carbocycles. The van der Waals surface area contributed by atoms with Crippen molar-refractivity contribution in [3.05, 3.63) is 42.2 Å². The fourth-order valence-corrected chi connectivity index (χ4v) is 1.19. The standard InChI is InChI=1S/C10H7F2N3/c11-7-3-1-6(2-4-7)9-8(12)10(13)15-5-14-9/h1-5H,(H2,13,14,15). The van der Waals surface area contributed by atoms with Crippen LogP contribution in [0.5, 0.6) is 0 Å². The van der Waals surface area contributed by atoms with Crippen LogP contribution in [-0.4, -0.2) is 9.97 Å². The molecule has 0 bridgehead atoms. The Morgan fingerprint density at radius 3 is 2.33 bits per heavy atom. The summed E-state index contributed by atoms with van der Waals surface area (Å²) in [5.41, 5.74) is 5.82. The van der Waals surface area contributed by atoms with Crippen molar-refractivity contribution in [3.8, 4) is 11.3 Å². The van der Waals surface area contributed by atoms with Crippen LogP contribution < -0.4 is 5.73 Å². The van der Waals surface area contributed by atoms with Gasteiger partial charge in [-0.15, -0.1) is 0 Å². The Hall–Kier alpha value is -2.04. The highest BCUT2D eigenvalue weighted by Crippen LogP contribution is 2.22. The van der Waals surface area contributed by atoms with Crippen LogP contribution in [0, 0.1) is 11.6 Å². The fraction of sp³-hybridized carbons (Fsp3) is 0. The molecule has 1 aromatic heterocycles. The maximum atomic E-state index is 13.4. The SMILES string of the molecule is Nc1ncnc(-c2ccc(F)cc2)c1F. The number of rotatable bonds is 1. The molecule has 5 heteroatoms. The van der Waals surface area contributed by atoms with Crippen LogP contribution in [0.4, 0.5) is 14.6 Å². The predicted molar refractivity (Wildman–Crippen MR) is 51.8 cm³/mol. The molecule has 0 aliphatic rings. The van der Waals surface area contributed by atoms with Crippen LogP contribution in [0.15, 0.2) is 30.6 Å². The normalized spacial score (nSPS) is 10.3. The molecular weight excluding hydrogens is 200 g/mol. The van der Waals surface area contributed by atoms with Crippen LogP contribution in [0.1, 0.15) is 0 Å². The molecule has 76 valence electrons. The largest absolute Gasteiger partial charge is 0.381 e. The molecule has 0 fully saturated rings. The number of anilines is 1. The lowest BCUT2D eigenvalue weighted by molar-refractivity contribution is 0.621. The van der Waals surface area contributed by atoms with E-state index in [0.29, 0.717) is 5.56 Å². The summed E-state index contributed by atoms with van der Waals surface area (Å²) in [5, 5.41) is 0. The zero-order valence-corrected chi connectivity index (χ0v) is 7.61. The molecule has 2 rings (SSSR count). The number of aromatic nitrogens is 2. The van der Waals surface area contributed by atoms with Crippen LogP contribution in [0.2, 0.25) is 0 Å². The summed E-state index contributed by atoms with van der Waals surface area (Å²) in [7, 11) is 0. The summed E-state index contributed by atoms with van der Waals surface area (Å²) >= 11 is 0. The molecule has 2 N–H and O–H groups in total. The Morgan fingerprint density at radius 1 is 1.00 bits per heavy atom. The van der Waals surface area contributed by atoms with Gasteiger partial charge in [0.2, 0.25) is 0 Å². The van der Waals surface area contributed by atoms with Gasteiger partial charge < -0.3 is 5.73 Å². The minimum atomic E-state index is -0.691. The van der Waals surface area contributed by atoms with Gasteiger partial charge in [-0.2, -0.15) is 0 Å². The third-order valence-electron chi connectivity index (χ3n) is 1.93. The molecule has 15 heavy (non-hydrogen) atoms. The number of nitrogens with two attached hydrogens (primary N) is 1. The van der Waals surface area contributed by atoms with Crippen molar-refractivity contribution in [2.45, 2.75) is 0 Å². The number of nitrogens with zero attached hydrogens (tertiary/aromatic N) is 2. The second-order valence-corrected chi connectivity index (χ2v) is 2.93. The molecule has 1 aromatic carbocycles. The molecule has 0 atom stereocenters. The lowest BCUT2D eigenvalue weighted by atomic mass is 10.1. The van der Waals surface area contributed by atoms with Gasteiger partial charge in [0.1, 0.15) is 17.8 Å². The number of hydrogen-bond donors (Lipinski definition) is 1. The van der Waals surface area contributed by atoms with E-state index in [1.54, 1.807) is 0 Å². The zero-order chi connectivity index (χ0) is 10.8. The Balaban J connectivity index is 2.54. The average Bonchev–Trinajstić information content (AvgIpc) is 2.24. The summed E-state index contributed by atoms with van der Waals surface area (Å²) in [4.78, 5) is 7.25. The summed E-state index contributed by atoms with van der Waals surface area (Å²) < 4.78 is 26.1. The Bertz CT molecular complexity index is 483. The molecule has 0 unspecified atom stereocenters. The summed E-state index contributed by atoms with van der Waals surface area (Å²) in [6, 6.07) is 5.32. The zero-order valence-electron chi connectivity index (χ0n) is 7.61. The van der Waals surface area contributed by atoms with Crippen molar-refractivity contribution in [2.75, 3.05) is 5.73 Å². The van der Waals surface area contributed by atoms with Gasteiger partial charge in [0.25, 0.3) is 0 Å². The maximum absolute atomic E-state index is 13.4. The molecule has 0 aliphatic heterocycles. The first kappa shape index (κ1) is 9.51. The first-order valence-corrected chi connectivity index (χ1v) is 4.20. The number of halogens is 2. The monoisotopic (exact) mass is 207 g/mol. The maximum Gasteiger partial charge on any atom is 0.191 e. The molecule has 0 saturated heterocycles. The Kier molecular flexibility index (Phi) is 2.29. The average molecular weight is 207 g/mol. The van der Waals surface area contributed by atoms with E-state index in [4.69, 9.17) is 5.73 Å². The lowest BCUT2D eigenvalue weighted by Gasteiger charge is -2.03. The highest BCUT2D eigenvalue weighted by molar-refractivity contribution is 5.62. The van der Waals surface area contributed by atoms with Gasteiger partial charge >= 0.3 is 0 Å². The van der Waals surface area contributed by atoms with Crippen LogP contribution in [0.25, 0.3) is 11.3 Å². The second kappa shape index (κ2) is 3.61. The van der Waals surface area contributed by atoms with E-state index in [1.807, 2.05) is 0 Å². The second-order valence-electron chi connectivity index (χ2n) is 2.93. The van der Waals surface area contributed by atoms with E-state index in [2.05, 4.69) is 9.97 Å². The van der Waals surface area contributed by atoms with Crippen LogP contribution >= 0.6 is 0 Å². The van der Waals surface area contributed by atoms with Gasteiger partial charge in [-0.05, 0) is 24.3 Å². The minimum absolute atomic E-state index is 0.0718. The topological polar surface area (TPSA) is 51.8 Å². The highest BCUT2D eigenvalue weighted by atomic mass is 19.1. The van der Waals surface area contributed by atoms with E-state index in [0.717, 1.165) is 6.33 Å². The molecule has 0 spiro atoms. The van der Waals surface area contributed by atoms with Crippen LogP contribution in [-0.2, 0) is 0 Å². The van der Waals surface area contributed by atoms with Crippen molar-refractivity contribution >= 4 is 5.82 Å². The smallest absolute Gasteiger partial charge is 0.191 e. The van der Waals surface area contributed by atoms with Crippen LogP contribution in [0.3, 0.4) is 0 Å². The molecule has 1 heterocycles. The highest BCUT2D eigenvalue weighted by Gasteiger charge is 2.10. The number of nitrogen functional groups attached to an aromatic ring is 1. The van der Waals surface area contributed by atoms with Gasteiger partial charge in [-0.3, -0.25) is 0 Å². The van der Waals surface area contributed by atoms with Gasteiger partial charge in [0.05, 0.1) is 0 Å². The molecule has 0 aliphatic carbocycles. The van der Waals surface area contributed by atoms with Crippen molar-refractivity contribution in [3.63, 3.8) is 0 Å². The lowest BCUT2D eigenvalue weighted by Crippen LogP contribution is -1.99. The summed E-state index contributed by atoms with van der Waals surface area (Å²) in [6.45, 7) is 0. The first-order valence-electron chi connectivity index (χ1n) is 4.20. The van der Waals surface area contributed by atoms with Crippen molar-refractivity contribution in [1.29, 1.82) is 0 Å². The Morgan fingerprint density at radius 2 is 1.67 bits per heavy atom. The van der Waals surface area contributed by atoms with E-state index in [-0.39, 0.29) is 17.3 Å². The molecular formula is C10H7F2N3. The third-order valence-corrected chi connectivity index (χ3v) is 1.93. The molecule has 0 amide bonds. The number of hydrogen-bond acceptors (Lipinski definition) is 3. The van der Waals surface area contributed by atoms with Crippen molar-refractivity contribution in [2.24, 2.45) is 0 Å². The Labute approximate surface area is 84.6 Å². The van der Waals surface area contributed by atoms with Gasteiger partial charge in [0, 0.05) is 5.56 Å². The van der Waals surface area contributed by atoms with Gasteiger partial charge in [-0.1, -0.05) is 0 Å². The van der Waals surface area contributed by atoms with E-state index in [9.17, 15) is 8.78 Å². The van der Waals surface area contributed by atoms with Crippen molar-refractivity contribution in [1.82, 2.24) is 9.97 Å². The van der Waals surface area contributed by atoms with Crippen molar-refractivity contribution < 1.29 is 8.78 Å². The van der Waals surface area contributed by atoms with E-state index in [1.165, 1.54) is 24.3 Å².